The van der Waals surface area contributed by atoms with Gasteiger partial charge in [-0.1, -0.05) is 31.3 Å². The number of rotatable bonds is 0. The zero-order chi connectivity index (χ0) is 13.2. The average molecular weight is 266 g/mol. The summed E-state index contributed by atoms with van der Waals surface area (Å²) in [5.41, 5.74) is 3.32. The van der Waals surface area contributed by atoms with Gasteiger partial charge in [0, 0.05) is 6.07 Å². The van der Waals surface area contributed by atoms with Gasteiger partial charge in [0.2, 0.25) is 0 Å². The molecule has 0 unspecified atom stereocenters. The van der Waals surface area contributed by atoms with Crippen molar-refractivity contribution in [2.24, 2.45) is 0 Å². The van der Waals surface area contributed by atoms with E-state index in [1.165, 1.54) is 15.9 Å². The van der Waals surface area contributed by atoms with Crippen LogP contribution >= 0.6 is 0 Å². The quantitative estimate of drug-likeness (QED) is 0.631. The molecule has 3 aromatic rings. The van der Waals surface area contributed by atoms with Gasteiger partial charge in [-0.3, -0.25) is 4.57 Å². The highest BCUT2D eigenvalue weighted by Gasteiger charge is 2.35. The van der Waals surface area contributed by atoms with Crippen molar-refractivity contribution in [3.63, 3.8) is 0 Å². The maximum absolute atomic E-state index is 9.78. The fourth-order valence-corrected chi connectivity index (χ4v) is 6.12. The first-order valence-electron chi connectivity index (χ1n) is 6.39. The van der Waals surface area contributed by atoms with Crippen LogP contribution in [0.25, 0.3) is 16.7 Å². The van der Waals surface area contributed by atoms with Crippen LogP contribution in [0.5, 0.6) is 5.75 Å². The second-order valence-electron chi connectivity index (χ2n) is 5.61. The van der Waals surface area contributed by atoms with Gasteiger partial charge in [0.25, 0.3) is 0 Å². The van der Waals surface area contributed by atoms with Crippen LogP contribution in [0.3, 0.4) is 0 Å². The lowest BCUT2D eigenvalue weighted by Gasteiger charge is -2.32. The molecule has 0 amide bonds. The molecule has 1 aliphatic heterocycles. The molecular weight excluding hydrogens is 252 g/mol. The van der Waals surface area contributed by atoms with E-state index in [0.29, 0.717) is 5.75 Å². The number of aromatic nitrogens is 2. The van der Waals surface area contributed by atoms with Crippen LogP contribution in [-0.2, 0) is 0 Å². The third-order valence-corrected chi connectivity index (χ3v) is 7.68. The minimum atomic E-state index is -1.72. The molecule has 2 heterocycles. The molecule has 0 atom stereocenters. The zero-order valence-corrected chi connectivity index (χ0v) is 11.9. The van der Waals surface area contributed by atoms with Crippen LogP contribution in [0.15, 0.2) is 42.7 Å². The second kappa shape index (κ2) is 3.27. The molecule has 0 spiro atoms. The molecule has 94 valence electrons. The standard InChI is InChI=1S/C15H14N2OSi/c1-19(2)13-7-6-10(18)8-12(13)17-9-16-11-4-3-5-14(19)15(11)17/h3-9,18H,1-2H3. The summed E-state index contributed by atoms with van der Waals surface area (Å²) in [6.45, 7) is 4.71. The van der Waals surface area contributed by atoms with Gasteiger partial charge in [-0.25, -0.2) is 4.98 Å². The minimum absolute atomic E-state index is 0.310. The molecule has 0 aliphatic carbocycles. The molecule has 1 aromatic heterocycles. The Balaban J connectivity index is 2.24. The van der Waals surface area contributed by atoms with Gasteiger partial charge in [-0.05, 0) is 22.5 Å². The second-order valence-corrected chi connectivity index (χ2v) is 9.94. The van der Waals surface area contributed by atoms with Crippen LogP contribution in [0.1, 0.15) is 0 Å². The van der Waals surface area contributed by atoms with E-state index in [-0.39, 0.29) is 0 Å². The normalized spacial score (nSPS) is 15.5. The monoisotopic (exact) mass is 266 g/mol. The van der Waals surface area contributed by atoms with E-state index in [1.807, 2.05) is 18.5 Å². The van der Waals surface area contributed by atoms with Gasteiger partial charge in [0.05, 0.1) is 16.7 Å². The van der Waals surface area contributed by atoms with Crippen molar-refractivity contribution in [1.29, 1.82) is 0 Å². The van der Waals surface area contributed by atoms with E-state index in [4.69, 9.17) is 0 Å². The maximum atomic E-state index is 9.78. The van der Waals surface area contributed by atoms with Gasteiger partial charge < -0.3 is 5.11 Å². The Morgan fingerprint density at radius 2 is 1.95 bits per heavy atom. The number of fused-ring (bicyclic) bond motifs is 2. The number of hydrogen-bond donors (Lipinski definition) is 1. The highest BCUT2D eigenvalue weighted by molar-refractivity contribution is 7.02. The summed E-state index contributed by atoms with van der Waals surface area (Å²) in [5.74, 6) is 0.310. The minimum Gasteiger partial charge on any atom is -0.508 e. The molecule has 3 nitrogen and oxygen atoms in total. The molecule has 0 saturated heterocycles. The van der Waals surface area contributed by atoms with Crippen molar-refractivity contribution >= 4 is 29.5 Å². The lowest BCUT2D eigenvalue weighted by molar-refractivity contribution is 0.475. The summed E-state index contributed by atoms with van der Waals surface area (Å²) in [5, 5.41) is 12.5. The lowest BCUT2D eigenvalue weighted by atomic mass is 10.2. The van der Waals surface area contributed by atoms with Gasteiger partial charge in [0.1, 0.15) is 20.2 Å². The summed E-state index contributed by atoms with van der Waals surface area (Å²) in [4.78, 5) is 4.49. The van der Waals surface area contributed by atoms with Crippen LogP contribution < -0.4 is 10.4 Å². The molecule has 0 bridgehead atoms. The molecule has 0 radical (unpaired) electrons. The predicted molar refractivity (Wildman–Crippen MR) is 79.5 cm³/mol. The molecule has 4 heteroatoms. The first-order chi connectivity index (χ1) is 9.09. The summed E-state index contributed by atoms with van der Waals surface area (Å²) < 4.78 is 2.11. The summed E-state index contributed by atoms with van der Waals surface area (Å²) in [6, 6.07) is 12.1. The molecule has 1 aliphatic rings. The molecule has 0 saturated carbocycles. The SMILES string of the molecule is C[Si]1(C)c2ccc(O)cc2-n2cnc3cccc1c32. The third-order valence-electron chi connectivity index (χ3n) is 4.16. The smallest absolute Gasteiger partial charge is 0.117 e. The molecule has 2 aromatic carbocycles. The van der Waals surface area contributed by atoms with Gasteiger partial charge >= 0.3 is 0 Å². The number of imidazole rings is 1. The fraction of sp³-hybridized carbons (Fsp3) is 0.133. The summed E-state index contributed by atoms with van der Waals surface area (Å²) in [6.07, 6.45) is 1.86. The largest absolute Gasteiger partial charge is 0.508 e. The van der Waals surface area contributed by atoms with E-state index >= 15 is 0 Å². The number of nitrogens with zero attached hydrogens (tertiary/aromatic N) is 2. The number of benzene rings is 2. The Bertz CT molecular complexity index is 820. The van der Waals surface area contributed by atoms with Crippen molar-refractivity contribution < 1.29 is 5.11 Å². The first kappa shape index (κ1) is 10.8. The number of aromatic hydroxyl groups is 1. The van der Waals surface area contributed by atoms with E-state index in [9.17, 15) is 5.11 Å². The highest BCUT2D eigenvalue weighted by Crippen LogP contribution is 2.26. The topological polar surface area (TPSA) is 38.0 Å². The Morgan fingerprint density at radius 1 is 1.11 bits per heavy atom. The van der Waals surface area contributed by atoms with Gasteiger partial charge in [0.15, 0.2) is 0 Å². The van der Waals surface area contributed by atoms with E-state index in [0.717, 1.165) is 11.2 Å². The third kappa shape index (κ3) is 1.24. The molecule has 0 fully saturated rings. The summed E-state index contributed by atoms with van der Waals surface area (Å²) in [7, 11) is -1.72. The Morgan fingerprint density at radius 3 is 2.79 bits per heavy atom. The Kier molecular flexibility index (Phi) is 1.86. The predicted octanol–water partition coefficient (Wildman–Crippen LogP) is 1.87. The van der Waals surface area contributed by atoms with Crippen molar-refractivity contribution in [3.05, 3.63) is 42.7 Å². The van der Waals surface area contributed by atoms with Crippen molar-refractivity contribution in [2.45, 2.75) is 13.1 Å². The van der Waals surface area contributed by atoms with Crippen molar-refractivity contribution in [2.75, 3.05) is 0 Å². The fourth-order valence-electron chi connectivity index (χ4n) is 3.15. The van der Waals surface area contributed by atoms with Crippen LogP contribution in [0.4, 0.5) is 0 Å². The molecular formula is C15H14N2OSi. The number of para-hydroxylation sites is 1. The van der Waals surface area contributed by atoms with Crippen molar-refractivity contribution in [1.82, 2.24) is 9.55 Å². The molecule has 19 heavy (non-hydrogen) atoms. The molecule has 1 N–H and O–H groups in total. The number of phenolic OH excluding ortho intramolecular Hbond substituents is 1. The van der Waals surface area contributed by atoms with Crippen LogP contribution in [0, 0.1) is 0 Å². The zero-order valence-electron chi connectivity index (χ0n) is 10.9. The van der Waals surface area contributed by atoms with E-state index in [1.54, 1.807) is 6.07 Å². The van der Waals surface area contributed by atoms with Crippen LogP contribution in [0.2, 0.25) is 13.1 Å². The van der Waals surface area contributed by atoms with E-state index in [2.05, 4.69) is 40.8 Å². The Hall–Kier alpha value is -2.07. The maximum Gasteiger partial charge on any atom is 0.117 e. The average Bonchev–Trinajstić information content (AvgIpc) is 2.80. The highest BCUT2D eigenvalue weighted by atomic mass is 28.3. The van der Waals surface area contributed by atoms with Crippen LogP contribution in [-0.4, -0.2) is 22.7 Å². The number of phenols is 1. The lowest BCUT2D eigenvalue weighted by Crippen LogP contribution is -2.57. The summed E-state index contributed by atoms with van der Waals surface area (Å²) >= 11 is 0. The number of hydrogen-bond acceptors (Lipinski definition) is 2. The molecule has 4 rings (SSSR count). The first-order valence-corrected chi connectivity index (χ1v) is 9.39. The Labute approximate surface area is 112 Å². The van der Waals surface area contributed by atoms with Gasteiger partial charge in [-0.2, -0.15) is 0 Å². The van der Waals surface area contributed by atoms with Crippen molar-refractivity contribution in [3.8, 4) is 11.4 Å². The van der Waals surface area contributed by atoms with E-state index < -0.39 is 8.07 Å². The van der Waals surface area contributed by atoms with Gasteiger partial charge in [-0.15, -0.1) is 0 Å².